The van der Waals surface area contributed by atoms with Gasteiger partial charge in [-0.15, -0.1) is 0 Å². The summed E-state index contributed by atoms with van der Waals surface area (Å²) in [6.07, 6.45) is 0. The lowest BCUT2D eigenvalue weighted by atomic mass is 10.0. The molecule has 0 aliphatic heterocycles. The molecule has 2 N–H and O–H groups in total. The van der Waals surface area contributed by atoms with Gasteiger partial charge in [-0.1, -0.05) is 42.5 Å². The zero-order valence-electron chi connectivity index (χ0n) is 12.5. The van der Waals surface area contributed by atoms with E-state index in [1.54, 1.807) is 14.2 Å². The largest absolute Gasteiger partial charge is 0.504 e. The third kappa shape index (κ3) is 2.39. The molecule has 0 aliphatic carbocycles. The van der Waals surface area contributed by atoms with E-state index >= 15 is 0 Å². The molecular weight excluding hydrogens is 278 g/mol. The van der Waals surface area contributed by atoms with Crippen molar-refractivity contribution in [3.63, 3.8) is 0 Å². The molecule has 1 heterocycles. The zero-order valence-corrected chi connectivity index (χ0v) is 12.5. The van der Waals surface area contributed by atoms with E-state index in [0.717, 1.165) is 16.9 Å². The SMILES string of the molecule is CNc1oc(-c2ccccc2)c(O)c1-c1cccc(OC)c1. The fourth-order valence-electron chi connectivity index (χ4n) is 2.43. The van der Waals surface area contributed by atoms with Gasteiger partial charge < -0.3 is 19.6 Å². The number of hydrogen-bond acceptors (Lipinski definition) is 4. The molecule has 3 aromatic rings. The van der Waals surface area contributed by atoms with Gasteiger partial charge in [0.1, 0.15) is 5.75 Å². The van der Waals surface area contributed by atoms with E-state index in [-0.39, 0.29) is 5.75 Å². The normalized spacial score (nSPS) is 10.5. The predicted octanol–water partition coefficient (Wildman–Crippen LogP) is 4.37. The van der Waals surface area contributed by atoms with E-state index in [4.69, 9.17) is 9.15 Å². The smallest absolute Gasteiger partial charge is 0.205 e. The minimum Gasteiger partial charge on any atom is -0.504 e. The summed E-state index contributed by atoms with van der Waals surface area (Å²) in [5, 5.41) is 13.6. The Balaban J connectivity index is 2.17. The summed E-state index contributed by atoms with van der Waals surface area (Å²) < 4.78 is 11.1. The minimum atomic E-state index is 0.115. The first-order chi connectivity index (χ1) is 10.7. The molecule has 0 spiro atoms. The third-order valence-electron chi connectivity index (χ3n) is 3.50. The minimum absolute atomic E-state index is 0.115. The van der Waals surface area contributed by atoms with Gasteiger partial charge in [0.05, 0.1) is 12.7 Å². The van der Waals surface area contributed by atoms with Gasteiger partial charge in [0.2, 0.25) is 5.88 Å². The summed E-state index contributed by atoms with van der Waals surface area (Å²) in [5.74, 6) is 1.80. The number of rotatable bonds is 4. The van der Waals surface area contributed by atoms with Gasteiger partial charge in [0, 0.05) is 12.6 Å². The molecule has 0 aliphatic rings. The molecule has 0 amide bonds. The van der Waals surface area contributed by atoms with Crippen LogP contribution >= 0.6 is 0 Å². The van der Waals surface area contributed by atoms with Crippen molar-refractivity contribution >= 4 is 5.88 Å². The summed E-state index contributed by atoms with van der Waals surface area (Å²) in [6, 6.07) is 17.0. The predicted molar refractivity (Wildman–Crippen MR) is 87.3 cm³/mol. The second-order valence-electron chi connectivity index (χ2n) is 4.83. The Morgan fingerprint density at radius 1 is 1.00 bits per heavy atom. The van der Waals surface area contributed by atoms with E-state index in [9.17, 15) is 5.11 Å². The maximum absolute atomic E-state index is 10.6. The van der Waals surface area contributed by atoms with Crippen LogP contribution in [0.2, 0.25) is 0 Å². The number of hydrogen-bond donors (Lipinski definition) is 2. The molecule has 112 valence electrons. The molecule has 22 heavy (non-hydrogen) atoms. The van der Waals surface area contributed by atoms with Crippen molar-refractivity contribution in [1.82, 2.24) is 0 Å². The van der Waals surface area contributed by atoms with Crippen LogP contribution in [-0.4, -0.2) is 19.3 Å². The van der Waals surface area contributed by atoms with Gasteiger partial charge in [0.25, 0.3) is 0 Å². The van der Waals surface area contributed by atoms with E-state index in [2.05, 4.69) is 5.32 Å². The van der Waals surface area contributed by atoms with Crippen molar-refractivity contribution < 1.29 is 14.3 Å². The first-order valence-corrected chi connectivity index (χ1v) is 6.98. The van der Waals surface area contributed by atoms with Crippen LogP contribution in [0.4, 0.5) is 5.88 Å². The number of anilines is 1. The van der Waals surface area contributed by atoms with Gasteiger partial charge in [-0.05, 0) is 17.7 Å². The molecular formula is C18H17NO3. The molecule has 0 fully saturated rings. The lowest BCUT2D eigenvalue weighted by Gasteiger charge is -2.05. The van der Waals surface area contributed by atoms with Gasteiger partial charge in [-0.3, -0.25) is 0 Å². The number of ether oxygens (including phenoxy) is 1. The monoisotopic (exact) mass is 295 g/mol. The van der Waals surface area contributed by atoms with Crippen LogP contribution in [-0.2, 0) is 0 Å². The molecule has 4 heteroatoms. The highest BCUT2D eigenvalue weighted by Crippen LogP contribution is 2.46. The first kappa shape index (κ1) is 14.1. The molecule has 0 saturated carbocycles. The summed E-state index contributed by atoms with van der Waals surface area (Å²) in [5.41, 5.74) is 2.28. The molecule has 0 atom stereocenters. The number of furan rings is 1. The van der Waals surface area contributed by atoms with Crippen LogP contribution in [0.1, 0.15) is 0 Å². The molecule has 0 bridgehead atoms. The first-order valence-electron chi connectivity index (χ1n) is 6.98. The average Bonchev–Trinajstić information content (AvgIpc) is 2.92. The summed E-state index contributed by atoms with van der Waals surface area (Å²) in [7, 11) is 3.37. The van der Waals surface area contributed by atoms with Crippen molar-refractivity contribution in [2.45, 2.75) is 0 Å². The van der Waals surface area contributed by atoms with Crippen molar-refractivity contribution in [2.75, 3.05) is 19.5 Å². The van der Waals surface area contributed by atoms with Crippen molar-refractivity contribution in [1.29, 1.82) is 0 Å². The fourth-order valence-corrected chi connectivity index (χ4v) is 2.43. The van der Waals surface area contributed by atoms with E-state index in [1.807, 2.05) is 54.6 Å². The van der Waals surface area contributed by atoms with E-state index < -0.39 is 0 Å². The molecule has 1 aromatic heterocycles. The zero-order chi connectivity index (χ0) is 15.5. The molecule has 3 rings (SSSR count). The Morgan fingerprint density at radius 3 is 2.41 bits per heavy atom. The van der Waals surface area contributed by atoms with Crippen molar-refractivity contribution in [3.8, 4) is 33.9 Å². The average molecular weight is 295 g/mol. The summed E-state index contributed by atoms with van der Waals surface area (Å²) in [6.45, 7) is 0. The number of methoxy groups -OCH3 is 1. The van der Waals surface area contributed by atoms with Crippen LogP contribution < -0.4 is 10.1 Å². The van der Waals surface area contributed by atoms with E-state index in [1.165, 1.54) is 0 Å². The molecule has 0 saturated heterocycles. The Morgan fingerprint density at radius 2 is 1.73 bits per heavy atom. The second kappa shape index (κ2) is 5.85. The van der Waals surface area contributed by atoms with Gasteiger partial charge >= 0.3 is 0 Å². The summed E-state index contributed by atoms with van der Waals surface area (Å²) in [4.78, 5) is 0. The molecule has 4 nitrogen and oxygen atoms in total. The maximum Gasteiger partial charge on any atom is 0.205 e. The molecule has 2 aromatic carbocycles. The molecule has 0 unspecified atom stereocenters. The maximum atomic E-state index is 10.6. The topological polar surface area (TPSA) is 54.6 Å². The van der Waals surface area contributed by atoms with Crippen molar-refractivity contribution in [2.24, 2.45) is 0 Å². The highest BCUT2D eigenvalue weighted by atomic mass is 16.5. The van der Waals surface area contributed by atoms with Crippen LogP contribution in [0.5, 0.6) is 11.5 Å². The lowest BCUT2D eigenvalue weighted by molar-refractivity contribution is 0.415. The van der Waals surface area contributed by atoms with Crippen LogP contribution in [0, 0.1) is 0 Å². The number of aromatic hydroxyl groups is 1. The second-order valence-corrected chi connectivity index (χ2v) is 4.83. The Hall–Kier alpha value is -2.88. The Kier molecular flexibility index (Phi) is 3.74. The third-order valence-corrected chi connectivity index (χ3v) is 3.50. The highest BCUT2D eigenvalue weighted by Gasteiger charge is 2.22. The van der Waals surface area contributed by atoms with Gasteiger partial charge in [-0.25, -0.2) is 0 Å². The Labute approximate surface area is 129 Å². The quantitative estimate of drug-likeness (QED) is 0.750. The Bertz CT molecular complexity index is 778. The van der Waals surface area contributed by atoms with Gasteiger partial charge in [-0.2, -0.15) is 0 Å². The van der Waals surface area contributed by atoms with Crippen LogP contribution in [0.25, 0.3) is 22.5 Å². The number of nitrogens with one attached hydrogen (secondary N) is 1. The highest BCUT2D eigenvalue weighted by molar-refractivity contribution is 5.87. The lowest BCUT2D eigenvalue weighted by Crippen LogP contribution is -1.89. The van der Waals surface area contributed by atoms with E-state index in [0.29, 0.717) is 17.2 Å². The standard InChI is InChI=1S/C18H17NO3/c1-19-18-15(13-9-6-10-14(11-13)21-2)16(20)17(22-18)12-7-4-3-5-8-12/h3-11,19-20H,1-2H3. The van der Waals surface area contributed by atoms with Crippen LogP contribution in [0.15, 0.2) is 59.0 Å². The van der Waals surface area contributed by atoms with Gasteiger partial charge in [0.15, 0.2) is 11.5 Å². The van der Waals surface area contributed by atoms with Crippen LogP contribution in [0.3, 0.4) is 0 Å². The number of benzene rings is 2. The summed E-state index contributed by atoms with van der Waals surface area (Å²) >= 11 is 0. The van der Waals surface area contributed by atoms with Crippen molar-refractivity contribution in [3.05, 3.63) is 54.6 Å². The fraction of sp³-hybridized carbons (Fsp3) is 0.111. The molecule has 0 radical (unpaired) electrons.